The number of thiophene rings is 1. The summed E-state index contributed by atoms with van der Waals surface area (Å²) in [5.74, 6) is 0.433. The first-order chi connectivity index (χ1) is 10.7. The normalized spacial score (nSPS) is 14.0. The molecule has 0 aliphatic heterocycles. The maximum Gasteiger partial charge on any atom is 0.252 e. The van der Waals surface area contributed by atoms with Crippen LogP contribution >= 0.6 is 11.3 Å². The molecule has 1 aliphatic carbocycles. The summed E-state index contributed by atoms with van der Waals surface area (Å²) in [5, 5.41) is 0.732. The minimum atomic E-state index is -0.374. The first kappa shape index (κ1) is 14.8. The molecule has 114 valence electrons. The molecule has 1 aromatic heterocycles. The fraction of sp³-hybridized carbons (Fsp3) is 0.294. The molecule has 1 amide bonds. The first-order valence-corrected chi connectivity index (χ1v) is 8.13. The van der Waals surface area contributed by atoms with Crippen molar-refractivity contribution < 1.29 is 9.53 Å². The van der Waals surface area contributed by atoms with E-state index in [1.54, 1.807) is 24.7 Å². The summed E-state index contributed by atoms with van der Waals surface area (Å²) in [6.07, 6.45) is 6.02. The van der Waals surface area contributed by atoms with Crippen LogP contribution in [0, 0.1) is 0 Å². The number of primary amides is 1. The molecule has 4 nitrogen and oxygen atoms in total. The number of nitrogens with zero attached hydrogens (tertiary/aromatic N) is 1. The van der Waals surface area contributed by atoms with Crippen LogP contribution in [0.5, 0.6) is 5.75 Å². The van der Waals surface area contributed by atoms with E-state index in [2.05, 4.69) is 4.99 Å². The van der Waals surface area contributed by atoms with Crippen molar-refractivity contribution in [3.05, 3.63) is 45.8 Å². The Morgan fingerprint density at radius 1 is 1.27 bits per heavy atom. The van der Waals surface area contributed by atoms with Crippen LogP contribution < -0.4 is 10.5 Å². The van der Waals surface area contributed by atoms with Crippen molar-refractivity contribution in [1.82, 2.24) is 0 Å². The summed E-state index contributed by atoms with van der Waals surface area (Å²) in [6, 6.07) is 7.63. The predicted octanol–water partition coefficient (Wildman–Crippen LogP) is 3.49. The molecular formula is C17H18N2O2S. The fourth-order valence-electron chi connectivity index (χ4n) is 2.72. The van der Waals surface area contributed by atoms with Gasteiger partial charge in [0.25, 0.3) is 5.91 Å². The summed E-state index contributed by atoms with van der Waals surface area (Å²) in [5.41, 5.74) is 8.26. The minimum absolute atomic E-state index is 0.374. The van der Waals surface area contributed by atoms with Gasteiger partial charge in [0.05, 0.1) is 12.7 Å². The second-order valence-corrected chi connectivity index (χ2v) is 6.37. The zero-order valence-electron chi connectivity index (χ0n) is 12.5. The number of nitrogens with two attached hydrogens (primary N) is 1. The number of hydrogen-bond donors (Lipinski definition) is 1. The van der Waals surface area contributed by atoms with Crippen LogP contribution in [0.2, 0.25) is 0 Å². The molecular weight excluding hydrogens is 296 g/mol. The second-order valence-electron chi connectivity index (χ2n) is 5.29. The minimum Gasteiger partial charge on any atom is -0.497 e. The van der Waals surface area contributed by atoms with Crippen molar-refractivity contribution in [3.63, 3.8) is 0 Å². The number of hydrogen-bond acceptors (Lipinski definition) is 4. The third kappa shape index (κ3) is 2.90. The molecule has 0 saturated heterocycles. The van der Waals surface area contributed by atoms with Gasteiger partial charge in [-0.2, -0.15) is 0 Å². The second kappa shape index (κ2) is 6.32. The van der Waals surface area contributed by atoms with E-state index >= 15 is 0 Å². The Morgan fingerprint density at radius 2 is 2.00 bits per heavy atom. The molecule has 0 bridgehead atoms. The van der Waals surface area contributed by atoms with Gasteiger partial charge in [-0.15, -0.1) is 11.3 Å². The Kier molecular flexibility index (Phi) is 4.24. The number of carbonyl (C=O) groups is 1. The molecule has 0 fully saturated rings. The fourth-order valence-corrected chi connectivity index (χ4v) is 3.96. The standard InChI is InChI=1S/C17H18N2O2S/c1-21-12-8-6-11(7-9-12)10-19-17-15(16(18)20)13-4-2-3-5-14(13)22-17/h6-10H,2-5H2,1H3,(H2,18,20)/b19-10+. The Balaban J connectivity index is 1.92. The number of rotatable bonds is 4. The lowest BCUT2D eigenvalue weighted by Gasteiger charge is -2.10. The quantitative estimate of drug-likeness (QED) is 0.878. The Bertz CT molecular complexity index is 717. The van der Waals surface area contributed by atoms with Gasteiger partial charge >= 0.3 is 0 Å². The van der Waals surface area contributed by atoms with E-state index in [1.165, 1.54) is 11.3 Å². The van der Waals surface area contributed by atoms with Gasteiger partial charge in [-0.25, -0.2) is 4.99 Å². The van der Waals surface area contributed by atoms with Gasteiger partial charge in [0.15, 0.2) is 0 Å². The Labute approximate surface area is 133 Å². The highest BCUT2D eigenvalue weighted by atomic mass is 32.1. The van der Waals surface area contributed by atoms with Gasteiger partial charge in [-0.1, -0.05) is 0 Å². The largest absolute Gasteiger partial charge is 0.497 e. The molecule has 2 N–H and O–H groups in total. The molecule has 0 unspecified atom stereocenters. The molecule has 1 heterocycles. The number of aryl methyl sites for hydroxylation is 1. The lowest BCUT2D eigenvalue weighted by atomic mass is 9.95. The van der Waals surface area contributed by atoms with Crippen molar-refractivity contribution in [2.24, 2.45) is 10.7 Å². The summed E-state index contributed by atoms with van der Waals surface area (Å²) in [7, 11) is 1.64. The number of methoxy groups -OCH3 is 1. The summed E-state index contributed by atoms with van der Waals surface area (Å²) in [6.45, 7) is 0. The van der Waals surface area contributed by atoms with Crippen LogP contribution in [0.15, 0.2) is 29.3 Å². The molecule has 2 aromatic rings. The van der Waals surface area contributed by atoms with E-state index in [0.717, 1.165) is 41.1 Å². The molecule has 0 radical (unpaired) electrons. The molecule has 0 spiro atoms. The van der Waals surface area contributed by atoms with E-state index in [0.29, 0.717) is 5.56 Å². The average molecular weight is 314 g/mol. The third-order valence-corrected chi connectivity index (χ3v) is 5.05. The molecule has 0 saturated carbocycles. The predicted molar refractivity (Wildman–Crippen MR) is 89.7 cm³/mol. The monoisotopic (exact) mass is 314 g/mol. The van der Waals surface area contributed by atoms with Crippen LogP contribution in [0.3, 0.4) is 0 Å². The number of aliphatic imine (C=N–C) groups is 1. The van der Waals surface area contributed by atoms with Crippen LogP contribution in [-0.2, 0) is 12.8 Å². The van der Waals surface area contributed by atoms with E-state index < -0.39 is 0 Å². The number of fused-ring (bicyclic) bond motifs is 1. The average Bonchev–Trinajstić information content (AvgIpc) is 2.92. The summed E-state index contributed by atoms with van der Waals surface area (Å²) in [4.78, 5) is 17.6. The lowest BCUT2D eigenvalue weighted by molar-refractivity contribution is 0.100. The van der Waals surface area contributed by atoms with E-state index in [-0.39, 0.29) is 5.91 Å². The first-order valence-electron chi connectivity index (χ1n) is 7.31. The van der Waals surface area contributed by atoms with Gasteiger partial charge in [0.2, 0.25) is 0 Å². The van der Waals surface area contributed by atoms with Crippen LogP contribution in [0.25, 0.3) is 0 Å². The van der Waals surface area contributed by atoms with Gasteiger partial charge in [-0.3, -0.25) is 4.79 Å². The smallest absolute Gasteiger partial charge is 0.252 e. The van der Waals surface area contributed by atoms with Gasteiger partial charge in [-0.05, 0) is 61.1 Å². The molecule has 1 aliphatic rings. The maximum atomic E-state index is 11.8. The van der Waals surface area contributed by atoms with E-state index in [4.69, 9.17) is 10.5 Å². The van der Waals surface area contributed by atoms with Crippen molar-refractivity contribution in [2.75, 3.05) is 7.11 Å². The molecule has 22 heavy (non-hydrogen) atoms. The highest BCUT2D eigenvalue weighted by Gasteiger charge is 2.23. The van der Waals surface area contributed by atoms with Gasteiger partial charge in [0, 0.05) is 11.1 Å². The van der Waals surface area contributed by atoms with Crippen LogP contribution in [0.1, 0.15) is 39.2 Å². The number of ether oxygens (including phenoxy) is 1. The third-order valence-electron chi connectivity index (χ3n) is 3.85. The molecule has 1 aromatic carbocycles. The SMILES string of the molecule is COc1ccc(/C=N/c2sc3c(c2C(N)=O)CCCC3)cc1. The maximum absolute atomic E-state index is 11.8. The van der Waals surface area contributed by atoms with Crippen molar-refractivity contribution in [1.29, 1.82) is 0 Å². The van der Waals surface area contributed by atoms with Crippen LogP contribution in [-0.4, -0.2) is 19.2 Å². The Hall–Kier alpha value is -2.14. The highest BCUT2D eigenvalue weighted by Crippen LogP contribution is 2.39. The molecule has 3 rings (SSSR count). The number of carbonyl (C=O) groups excluding carboxylic acids is 1. The Morgan fingerprint density at radius 3 is 2.68 bits per heavy atom. The zero-order valence-corrected chi connectivity index (χ0v) is 13.3. The van der Waals surface area contributed by atoms with Crippen LogP contribution in [0.4, 0.5) is 5.00 Å². The number of amides is 1. The van der Waals surface area contributed by atoms with Gasteiger partial charge in [0.1, 0.15) is 10.8 Å². The highest BCUT2D eigenvalue weighted by molar-refractivity contribution is 7.16. The summed E-state index contributed by atoms with van der Waals surface area (Å²) >= 11 is 1.59. The molecule has 5 heteroatoms. The molecule has 0 atom stereocenters. The van der Waals surface area contributed by atoms with E-state index in [9.17, 15) is 4.79 Å². The summed E-state index contributed by atoms with van der Waals surface area (Å²) < 4.78 is 5.13. The van der Waals surface area contributed by atoms with Gasteiger partial charge < -0.3 is 10.5 Å². The number of benzene rings is 1. The topological polar surface area (TPSA) is 64.7 Å². The lowest BCUT2D eigenvalue weighted by Crippen LogP contribution is -2.14. The van der Waals surface area contributed by atoms with Crippen molar-refractivity contribution >= 4 is 28.5 Å². The zero-order chi connectivity index (χ0) is 15.5. The van der Waals surface area contributed by atoms with E-state index in [1.807, 2.05) is 24.3 Å². The van der Waals surface area contributed by atoms with Crippen molar-refractivity contribution in [3.8, 4) is 5.75 Å². The van der Waals surface area contributed by atoms with Crippen molar-refractivity contribution in [2.45, 2.75) is 25.7 Å².